The van der Waals surface area contributed by atoms with Gasteiger partial charge in [0.1, 0.15) is 12.0 Å². The van der Waals surface area contributed by atoms with Crippen LogP contribution < -0.4 is 4.74 Å². The lowest BCUT2D eigenvalue weighted by molar-refractivity contribution is 0.0765. The third kappa shape index (κ3) is 4.08. The molecule has 0 saturated heterocycles. The number of rotatable bonds is 6. The van der Waals surface area contributed by atoms with Gasteiger partial charge in [-0.05, 0) is 30.0 Å². The van der Waals surface area contributed by atoms with Gasteiger partial charge in [0.25, 0.3) is 5.91 Å². The molecule has 1 heterocycles. The van der Waals surface area contributed by atoms with Crippen molar-refractivity contribution in [3.8, 4) is 5.75 Å². The highest BCUT2D eigenvalue weighted by Crippen LogP contribution is 2.15. The number of hydrogen-bond donors (Lipinski definition) is 0. The number of hydrogen-bond acceptors (Lipinski definition) is 4. The number of carbonyl (C=O) groups excluding carboxylic acids is 1. The van der Waals surface area contributed by atoms with E-state index in [9.17, 15) is 4.79 Å². The largest absolute Gasteiger partial charge is 0.497 e. The molecule has 1 atom stereocenters. The summed E-state index contributed by atoms with van der Waals surface area (Å²) in [6.07, 6.45) is 2.31. The molecule has 21 heavy (non-hydrogen) atoms. The lowest BCUT2D eigenvalue weighted by Crippen LogP contribution is -2.31. The van der Waals surface area contributed by atoms with Crippen LogP contribution >= 0.6 is 0 Å². The summed E-state index contributed by atoms with van der Waals surface area (Å²) in [6.45, 7) is 2.79. The number of nitrogens with zero attached hydrogens (tertiary/aromatic N) is 2. The molecule has 112 valence electrons. The molecule has 5 nitrogen and oxygen atoms in total. The predicted octanol–water partition coefficient (Wildman–Crippen LogP) is 2.63. The Kier molecular flexibility index (Phi) is 4.98. The molecule has 0 aliphatic carbocycles. The zero-order chi connectivity index (χ0) is 15.2. The van der Waals surface area contributed by atoms with Crippen LogP contribution in [0.15, 0.2) is 41.1 Å². The molecule has 0 radical (unpaired) electrons. The van der Waals surface area contributed by atoms with Gasteiger partial charge in [-0.25, -0.2) is 0 Å². The monoisotopic (exact) mass is 288 g/mol. The van der Waals surface area contributed by atoms with E-state index in [1.165, 1.54) is 11.8 Å². The zero-order valence-corrected chi connectivity index (χ0v) is 12.6. The topological polar surface area (TPSA) is 55.6 Å². The Morgan fingerprint density at radius 3 is 2.62 bits per heavy atom. The lowest BCUT2D eigenvalue weighted by Gasteiger charge is -2.20. The van der Waals surface area contributed by atoms with Crippen LogP contribution in [0, 0.1) is 5.92 Å². The van der Waals surface area contributed by atoms with Gasteiger partial charge in [0.15, 0.2) is 5.69 Å². The molecular formula is C16H20N2O3. The van der Waals surface area contributed by atoms with Gasteiger partial charge in [-0.15, -0.1) is 0 Å². The SMILES string of the molecule is COc1ccc(C[C@H](C)CN(C)C(=O)c2ccon2)cc1. The highest BCUT2D eigenvalue weighted by atomic mass is 16.5. The highest BCUT2D eigenvalue weighted by molar-refractivity contribution is 5.91. The van der Waals surface area contributed by atoms with E-state index >= 15 is 0 Å². The van der Waals surface area contributed by atoms with Crippen LogP contribution in [0.4, 0.5) is 0 Å². The summed E-state index contributed by atoms with van der Waals surface area (Å²) < 4.78 is 9.84. The number of carbonyl (C=O) groups is 1. The summed E-state index contributed by atoms with van der Waals surface area (Å²) in [6, 6.07) is 9.58. The Morgan fingerprint density at radius 1 is 1.33 bits per heavy atom. The predicted molar refractivity (Wildman–Crippen MR) is 79.3 cm³/mol. The van der Waals surface area contributed by atoms with E-state index in [-0.39, 0.29) is 5.91 Å². The second-order valence-corrected chi connectivity index (χ2v) is 5.23. The Morgan fingerprint density at radius 2 is 2.05 bits per heavy atom. The van der Waals surface area contributed by atoms with E-state index < -0.39 is 0 Å². The second kappa shape index (κ2) is 6.92. The summed E-state index contributed by atoms with van der Waals surface area (Å²) in [5.41, 5.74) is 1.57. The van der Waals surface area contributed by atoms with E-state index in [1.807, 2.05) is 12.1 Å². The third-order valence-corrected chi connectivity index (χ3v) is 3.33. The normalized spacial score (nSPS) is 12.0. The minimum atomic E-state index is -0.120. The van der Waals surface area contributed by atoms with E-state index in [1.54, 1.807) is 25.1 Å². The molecule has 0 aliphatic heterocycles. The molecule has 1 amide bonds. The zero-order valence-electron chi connectivity index (χ0n) is 12.6. The third-order valence-electron chi connectivity index (χ3n) is 3.33. The summed E-state index contributed by atoms with van der Waals surface area (Å²) in [5.74, 6) is 1.08. The molecule has 0 unspecified atom stereocenters. The molecular weight excluding hydrogens is 268 g/mol. The number of aromatic nitrogens is 1. The maximum Gasteiger partial charge on any atom is 0.275 e. The van der Waals surface area contributed by atoms with Crippen LogP contribution in [-0.4, -0.2) is 36.7 Å². The van der Waals surface area contributed by atoms with E-state index in [2.05, 4.69) is 24.2 Å². The quantitative estimate of drug-likeness (QED) is 0.820. The Hall–Kier alpha value is -2.30. The second-order valence-electron chi connectivity index (χ2n) is 5.23. The first-order valence-corrected chi connectivity index (χ1v) is 6.89. The molecule has 5 heteroatoms. The van der Waals surface area contributed by atoms with Crippen LogP contribution in [0.2, 0.25) is 0 Å². The summed E-state index contributed by atoms with van der Waals surface area (Å²) in [4.78, 5) is 13.7. The molecule has 2 rings (SSSR count). The maximum absolute atomic E-state index is 12.1. The van der Waals surface area contributed by atoms with Crippen LogP contribution in [0.1, 0.15) is 23.0 Å². The van der Waals surface area contributed by atoms with Crippen molar-refractivity contribution in [2.24, 2.45) is 5.92 Å². The average Bonchev–Trinajstić information content (AvgIpc) is 3.01. The fraction of sp³-hybridized carbons (Fsp3) is 0.375. The van der Waals surface area contributed by atoms with Crippen LogP contribution in [0.5, 0.6) is 5.75 Å². The Labute approximate surface area is 124 Å². The number of ether oxygens (including phenoxy) is 1. The molecule has 0 bridgehead atoms. The molecule has 0 saturated carbocycles. The smallest absolute Gasteiger partial charge is 0.275 e. The molecule has 0 aliphatic rings. The van der Waals surface area contributed by atoms with Gasteiger partial charge in [0.2, 0.25) is 0 Å². The van der Waals surface area contributed by atoms with E-state index in [4.69, 9.17) is 9.26 Å². The van der Waals surface area contributed by atoms with E-state index in [0.29, 0.717) is 18.2 Å². The summed E-state index contributed by atoms with van der Waals surface area (Å²) in [5, 5.41) is 3.67. The first kappa shape index (κ1) is 15.1. The Balaban J connectivity index is 1.88. The van der Waals surface area contributed by atoms with Gasteiger partial charge < -0.3 is 14.2 Å². The van der Waals surface area contributed by atoms with Crippen LogP contribution in [-0.2, 0) is 6.42 Å². The first-order valence-electron chi connectivity index (χ1n) is 6.89. The summed E-state index contributed by atoms with van der Waals surface area (Å²) >= 11 is 0. The van der Waals surface area contributed by atoms with Crippen molar-refractivity contribution in [3.63, 3.8) is 0 Å². The van der Waals surface area contributed by atoms with Gasteiger partial charge in [0.05, 0.1) is 7.11 Å². The fourth-order valence-corrected chi connectivity index (χ4v) is 2.30. The lowest BCUT2D eigenvalue weighted by atomic mass is 10.0. The highest BCUT2D eigenvalue weighted by Gasteiger charge is 2.17. The minimum Gasteiger partial charge on any atom is -0.497 e. The number of amides is 1. The van der Waals surface area contributed by atoms with Crippen molar-refractivity contribution < 1.29 is 14.1 Å². The molecule has 1 aromatic carbocycles. The van der Waals surface area contributed by atoms with Crippen molar-refractivity contribution in [2.75, 3.05) is 20.7 Å². The molecule has 2 aromatic rings. The van der Waals surface area contributed by atoms with Crippen molar-refractivity contribution in [3.05, 3.63) is 47.9 Å². The number of methoxy groups -OCH3 is 1. The van der Waals surface area contributed by atoms with Gasteiger partial charge in [0, 0.05) is 19.7 Å². The van der Waals surface area contributed by atoms with Crippen LogP contribution in [0.25, 0.3) is 0 Å². The van der Waals surface area contributed by atoms with Crippen molar-refractivity contribution in [2.45, 2.75) is 13.3 Å². The molecule has 1 aromatic heterocycles. The fourth-order valence-electron chi connectivity index (χ4n) is 2.30. The molecule has 0 spiro atoms. The standard InChI is InChI=1S/C16H20N2O3/c1-12(10-13-4-6-14(20-3)7-5-13)11-18(2)16(19)15-8-9-21-17-15/h4-9,12H,10-11H2,1-3H3/t12-/m0/s1. The molecule has 0 fully saturated rings. The van der Waals surface area contributed by atoms with Gasteiger partial charge >= 0.3 is 0 Å². The van der Waals surface area contributed by atoms with Gasteiger partial charge in [-0.3, -0.25) is 4.79 Å². The minimum absolute atomic E-state index is 0.120. The van der Waals surface area contributed by atoms with Crippen molar-refractivity contribution in [1.29, 1.82) is 0 Å². The van der Waals surface area contributed by atoms with Gasteiger partial charge in [-0.2, -0.15) is 0 Å². The van der Waals surface area contributed by atoms with Crippen molar-refractivity contribution >= 4 is 5.91 Å². The number of benzene rings is 1. The van der Waals surface area contributed by atoms with Crippen LogP contribution in [0.3, 0.4) is 0 Å². The van der Waals surface area contributed by atoms with Crippen molar-refractivity contribution in [1.82, 2.24) is 10.1 Å². The maximum atomic E-state index is 12.1. The van der Waals surface area contributed by atoms with Gasteiger partial charge in [-0.1, -0.05) is 24.2 Å². The van der Waals surface area contributed by atoms with E-state index in [0.717, 1.165) is 12.2 Å². The molecule has 0 N–H and O–H groups in total. The first-order chi connectivity index (χ1) is 10.1. The average molecular weight is 288 g/mol. The summed E-state index contributed by atoms with van der Waals surface area (Å²) in [7, 11) is 3.43. The Bertz CT molecular complexity index is 564.